The molecule has 0 saturated carbocycles. The van der Waals surface area contributed by atoms with E-state index in [-0.39, 0.29) is 5.78 Å². The Bertz CT molecular complexity index is 996. The molecule has 3 aromatic rings. The molecule has 2 aromatic heterocycles. The van der Waals surface area contributed by atoms with E-state index >= 15 is 0 Å². The van der Waals surface area contributed by atoms with E-state index in [1.165, 1.54) is 0 Å². The number of carbonyl (C=O) groups excluding carboxylic acids is 1. The predicted octanol–water partition coefficient (Wildman–Crippen LogP) is 2.65. The number of hydrogen-bond acceptors (Lipinski definition) is 5. The Kier molecular flexibility index (Phi) is 2.92. The van der Waals surface area contributed by atoms with Crippen molar-refractivity contribution in [3.05, 3.63) is 53.9 Å². The van der Waals surface area contributed by atoms with Crippen LogP contribution in [0.2, 0.25) is 0 Å². The van der Waals surface area contributed by atoms with Gasteiger partial charge in [0.15, 0.2) is 11.4 Å². The monoisotopic (exact) mass is 334 g/mol. The van der Waals surface area contributed by atoms with Crippen LogP contribution in [0.4, 0.5) is 5.82 Å². The van der Waals surface area contributed by atoms with Crippen LogP contribution in [0.3, 0.4) is 0 Å². The lowest BCUT2D eigenvalue weighted by Gasteiger charge is -2.34. The number of anilines is 1. The molecule has 6 heteroatoms. The van der Waals surface area contributed by atoms with Crippen molar-refractivity contribution in [2.75, 3.05) is 18.0 Å². The van der Waals surface area contributed by atoms with Crippen LogP contribution in [-0.2, 0) is 0 Å². The second-order valence-electron chi connectivity index (χ2n) is 6.91. The van der Waals surface area contributed by atoms with E-state index in [1.54, 1.807) is 6.20 Å². The Morgan fingerprint density at radius 1 is 1.24 bits per heavy atom. The number of hydrogen-bond donors (Lipinski definition) is 0. The van der Waals surface area contributed by atoms with Gasteiger partial charge in [-0.3, -0.25) is 4.79 Å². The molecule has 25 heavy (non-hydrogen) atoms. The van der Waals surface area contributed by atoms with E-state index in [0.717, 1.165) is 30.1 Å². The van der Waals surface area contributed by atoms with Crippen LogP contribution < -0.4 is 9.64 Å². The molecular weight excluding hydrogens is 316 g/mol. The number of ketones is 1. The Labute approximate surface area is 145 Å². The largest absolute Gasteiger partial charge is 0.484 e. The van der Waals surface area contributed by atoms with Gasteiger partial charge in [0.2, 0.25) is 0 Å². The lowest BCUT2D eigenvalue weighted by atomic mass is 9.89. The average Bonchev–Trinajstić information content (AvgIpc) is 3.21. The van der Waals surface area contributed by atoms with E-state index in [2.05, 4.69) is 15.0 Å². The number of aryl methyl sites for hydroxylation is 1. The summed E-state index contributed by atoms with van der Waals surface area (Å²) < 4.78 is 8.17. The van der Waals surface area contributed by atoms with Crippen molar-refractivity contribution in [1.82, 2.24) is 14.6 Å². The number of Topliss-reactive ketones (excluding diaryl/α,β-unsaturated/α-hetero) is 1. The molecule has 0 bridgehead atoms. The Morgan fingerprint density at radius 3 is 3.04 bits per heavy atom. The number of fused-ring (bicyclic) bond motifs is 2. The molecular formula is C19H18N4O2. The highest BCUT2D eigenvalue weighted by atomic mass is 16.5. The summed E-state index contributed by atoms with van der Waals surface area (Å²) >= 11 is 0. The van der Waals surface area contributed by atoms with Crippen molar-refractivity contribution in [2.45, 2.75) is 25.4 Å². The van der Waals surface area contributed by atoms with Gasteiger partial charge >= 0.3 is 0 Å². The van der Waals surface area contributed by atoms with Gasteiger partial charge in [-0.25, -0.2) is 4.98 Å². The molecule has 2 aliphatic heterocycles. The molecule has 1 aromatic carbocycles. The highest BCUT2D eigenvalue weighted by Crippen LogP contribution is 2.39. The topological polar surface area (TPSA) is 59.7 Å². The van der Waals surface area contributed by atoms with Gasteiger partial charge in [0.05, 0.1) is 24.7 Å². The van der Waals surface area contributed by atoms with Crippen LogP contribution in [0, 0.1) is 6.92 Å². The summed E-state index contributed by atoms with van der Waals surface area (Å²) in [5.74, 6) is 1.87. The van der Waals surface area contributed by atoms with Gasteiger partial charge in [-0.15, -0.1) is 0 Å². The van der Waals surface area contributed by atoms with E-state index in [9.17, 15) is 4.79 Å². The van der Waals surface area contributed by atoms with Crippen LogP contribution in [0.15, 0.2) is 42.6 Å². The second-order valence-corrected chi connectivity index (χ2v) is 6.91. The highest BCUT2D eigenvalue weighted by molar-refractivity contribution is 6.00. The predicted molar refractivity (Wildman–Crippen MR) is 93.3 cm³/mol. The number of carbonyl (C=O) groups is 1. The molecule has 0 radical (unpaired) electrons. The van der Waals surface area contributed by atoms with Crippen LogP contribution in [0.25, 0.3) is 5.65 Å². The van der Waals surface area contributed by atoms with Gasteiger partial charge in [0.25, 0.3) is 0 Å². The summed E-state index contributed by atoms with van der Waals surface area (Å²) in [6.07, 6.45) is 3.00. The minimum absolute atomic E-state index is 0.166. The van der Waals surface area contributed by atoms with E-state index in [0.29, 0.717) is 24.3 Å². The molecule has 0 amide bonds. The summed E-state index contributed by atoms with van der Waals surface area (Å²) in [4.78, 5) is 19.3. The smallest absolute Gasteiger partial charge is 0.170 e. The first-order chi connectivity index (χ1) is 12.1. The summed E-state index contributed by atoms with van der Waals surface area (Å²) in [7, 11) is 0. The van der Waals surface area contributed by atoms with Crippen molar-refractivity contribution < 1.29 is 9.53 Å². The molecule has 2 aliphatic rings. The molecule has 6 nitrogen and oxygen atoms in total. The molecule has 4 heterocycles. The Hall–Kier alpha value is -2.89. The van der Waals surface area contributed by atoms with Gasteiger partial charge in [-0.05, 0) is 19.1 Å². The maximum absolute atomic E-state index is 12.6. The van der Waals surface area contributed by atoms with E-state index < -0.39 is 5.60 Å². The first-order valence-electron chi connectivity index (χ1n) is 8.51. The molecule has 1 atom stereocenters. The molecule has 126 valence electrons. The van der Waals surface area contributed by atoms with Crippen molar-refractivity contribution >= 4 is 17.2 Å². The van der Waals surface area contributed by atoms with Crippen LogP contribution >= 0.6 is 0 Å². The molecule has 1 spiro atoms. The highest BCUT2D eigenvalue weighted by Gasteiger charge is 2.46. The van der Waals surface area contributed by atoms with Crippen LogP contribution in [0.5, 0.6) is 5.75 Å². The molecule has 0 N–H and O–H groups in total. The van der Waals surface area contributed by atoms with Gasteiger partial charge in [-0.1, -0.05) is 12.1 Å². The molecule has 5 rings (SSSR count). The quantitative estimate of drug-likeness (QED) is 0.685. The fourth-order valence-corrected chi connectivity index (χ4v) is 3.95. The first-order valence-corrected chi connectivity index (χ1v) is 8.51. The third-order valence-electron chi connectivity index (χ3n) is 5.11. The number of benzene rings is 1. The fraction of sp³-hybridized carbons (Fsp3) is 0.316. The van der Waals surface area contributed by atoms with Gasteiger partial charge in [-0.2, -0.15) is 9.61 Å². The number of ether oxygens (including phenoxy) is 1. The standard InChI is InChI=1S/C19H18N4O2/c1-13-10-18(23-17(21-13)6-8-20-23)22-9-7-19(12-22)11-15(24)14-4-2-3-5-16(14)25-19/h2-6,8,10H,7,9,11-12H2,1H3. The first kappa shape index (κ1) is 14.5. The summed E-state index contributed by atoms with van der Waals surface area (Å²) in [6, 6.07) is 11.5. The average molecular weight is 334 g/mol. The SMILES string of the molecule is Cc1cc(N2CCC3(CC(=O)c4ccccc4O3)C2)n2nccc2n1. The fourth-order valence-electron chi connectivity index (χ4n) is 3.95. The van der Waals surface area contributed by atoms with E-state index in [4.69, 9.17) is 4.74 Å². The van der Waals surface area contributed by atoms with Crippen LogP contribution in [-0.4, -0.2) is 39.1 Å². The lowest BCUT2D eigenvalue weighted by molar-refractivity contribution is 0.0538. The van der Waals surface area contributed by atoms with Crippen molar-refractivity contribution in [3.8, 4) is 5.75 Å². The van der Waals surface area contributed by atoms with Crippen LogP contribution in [0.1, 0.15) is 28.9 Å². The van der Waals surface area contributed by atoms with Crippen molar-refractivity contribution in [2.24, 2.45) is 0 Å². The Balaban J connectivity index is 1.51. The third-order valence-corrected chi connectivity index (χ3v) is 5.11. The zero-order valence-corrected chi connectivity index (χ0v) is 14.0. The van der Waals surface area contributed by atoms with Crippen molar-refractivity contribution in [3.63, 3.8) is 0 Å². The molecule has 1 saturated heterocycles. The Morgan fingerprint density at radius 2 is 2.12 bits per heavy atom. The summed E-state index contributed by atoms with van der Waals surface area (Å²) in [6.45, 7) is 3.48. The van der Waals surface area contributed by atoms with Gasteiger partial charge in [0.1, 0.15) is 17.2 Å². The number of para-hydroxylation sites is 1. The molecule has 1 unspecified atom stereocenters. The number of nitrogens with zero attached hydrogens (tertiary/aromatic N) is 4. The lowest BCUT2D eigenvalue weighted by Crippen LogP contribution is -2.44. The van der Waals surface area contributed by atoms with Gasteiger partial charge in [0, 0.05) is 30.8 Å². The second kappa shape index (κ2) is 5.05. The number of aromatic nitrogens is 3. The zero-order chi connectivity index (χ0) is 17.0. The summed E-state index contributed by atoms with van der Waals surface area (Å²) in [5.41, 5.74) is 2.03. The zero-order valence-electron chi connectivity index (χ0n) is 14.0. The summed E-state index contributed by atoms with van der Waals surface area (Å²) in [5, 5.41) is 4.39. The van der Waals surface area contributed by atoms with Gasteiger partial charge < -0.3 is 9.64 Å². The maximum atomic E-state index is 12.6. The maximum Gasteiger partial charge on any atom is 0.170 e. The normalized spacial score (nSPS) is 22.4. The minimum atomic E-state index is -0.456. The number of rotatable bonds is 1. The third kappa shape index (κ3) is 2.21. The molecule has 0 aliphatic carbocycles. The molecule has 1 fully saturated rings. The van der Waals surface area contributed by atoms with Crippen molar-refractivity contribution in [1.29, 1.82) is 0 Å². The minimum Gasteiger partial charge on any atom is -0.484 e. The van der Waals surface area contributed by atoms with E-state index in [1.807, 2.05) is 47.8 Å².